The van der Waals surface area contributed by atoms with Crippen molar-refractivity contribution in [2.45, 2.75) is 59.7 Å². The van der Waals surface area contributed by atoms with Crippen LogP contribution in [0, 0.1) is 13.8 Å². The molecule has 186 valence electrons. The van der Waals surface area contributed by atoms with Gasteiger partial charge >= 0.3 is 0 Å². The van der Waals surface area contributed by atoms with Crippen LogP contribution in [0.15, 0.2) is 46.9 Å². The Morgan fingerprint density at radius 2 is 1.74 bits per heavy atom. The van der Waals surface area contributed by atoms with Gasteiger partial charge in [-0.05, 0) is 70.9 Å². The van der Waals surface area contributed by atoms with Crippen LogP contribution < -0.4 is 9.62 Å². The molecule has 9 heteroatoms. The molecule has 0 aliphatic carbocycles. The molecule has 2 aromatic carbocycles. The lowest BCUT2D eigenvalue weighted by Gasteiger charge is -2.33. The van der Waals surface area contributed by atoms with E-state index >= 15 is 0 Å². The first-order valence-electron chi connectivity index (χ1n) is 11.0. The lowest BCUT2D eigenvalue weighted by Crippen LogP contribution is -2.54. The number of hydrogen-bond donors (Lipinski definition) is 1. The molecular formula is C25H34BrN3O4S. The average Bonchev–Trinajstić information content (AvgIpc) is 2.69. The van der Waals surface area contributed by atoms with Gasteiger partial charge in [-0.2, -0.15) is 0 Å². The molecule has 0 bridgehead atoms. The Kier molecular flexibility index (Phi) is 8.93. The Morgan fingerprint density at radius 1 is 1.09 bits per heavy atom. The maximum atomic E-state index is 13.6. The number of carbonyl (C=O) groups is 2. The Hall–Kier alpha value is -2.39. The molecule has 0 unspecified atom stereocenters. The highest BCUT2D eigenvalue weighted by Gasteiger charge is 2.31. The van der Waals surface area contributed by atoms with Crippen molar-refractivity contribution < 1.29 is 18.0 Å². The van der Waals surface area contributed by atoms with Gasteiger partial charge < -0.3 is 10.2 Å². The third-order valence-corrected chi connectivity index (χ3v) is 7.24. The number of rotatable bonds is 8. The van der Waals surface area contributed by atoms with Crippen molar-refractivity contribution >= 4 is 43.5 Å². The predicted octanol–water partition coefficient (Wildman–Crippen LogP) is 4.16. The molecule has 0 radical (unpaired) electrons. The molecule has 1 atom stereocenters. The van der Waals surface area contributed by atoms with Crippen LogP contribution in [0.25, 0.3) is 0 Å². The van der Waals surface area contributed by atoms with Crippen LogP contribution in [0.1, 0.15) is 44.4 Å². The zero-order valence-electron chi connectivity index (χ0n) is 20.8. The molecule has 0 saturated heterocycles. The highest BCUT2D eigenvalue weighted by atomic mass is 79.9. The van der Waals surface area contributed by atoms with Gasteiger partial charge in [-0.15, -0.1) is 0 Å². The number of nitrogens with zero attached hydrogens (tertiary/aromatic N) is 2. The van der Waals surface area contributed by atoms with Gasteiger partial charge in [0.1, 0.15) is 12.6 Å². The normalized spacial score (nSPS) is 12.7. The maximum absolute atomic E-state index is 13.6. The first-order valence-corrected chi connectivity index (χ1v) is 13.6. The second-order valence-electron chi connectivity index (χ2n) is 9.63. The molecule has 1 N–H and O–H groups in total. The molecule has 2 amide bonds. The van der Waals surface area contributed by atoms with Crippen LogP contribution in [-0.4, -0.2) is 49.5 Å². The van der Waals surface area contributed by atoms with Gasteiger partial charge in [0.25, 0.3) is 0 Å². The maximum Gasteiger partial charge on any atom is 0.244 e. The third-order valence-electron chi connectivity index (χ3n) is 5.21. The number of anilines is 1. The van der Waals surface area contributed by atoms with E-state index in [2.05, 4.69) is 21.2 Å². The second kappa shape index (κ2) is 10.9. The summed E-state index contributed by atoms with van der Waals surface area (Å²) < 4.78 is 27.2. The summed E-state index contributed by atoms with van der Waals surface area (Å²) in [5.41, 5.74) is 2.64. The third kappa shape index (κ3) is 7.84. The number of hydrogen-bond acceptors (Lipinski definition) is 4. The number of aryl methyl sites for hydroxylation is 2. The van der Waals surface area contributed by atoms with Crippen LogP contribution in [0.2, 0.25) is 0 Å². The van der Waals surface area contributed by atoms with Crippen molar-refractivity contribution in [1.29, 1.82) is 0 Å². The number of benzene rings is 2. The van der Waals surface area contributed by atoms with Gasteiger partial charge in [0.15, 0.2) is 0 Å². The Balaban J connectivity index is 2.43. The van der Waals surface area contributed by atoms with Gasteiger partial charge in [-0.1, -0.05) is 45.8 Å². The van der Waals surface area contributed by atoms with Gasteiger partial charge in [-0.25, -0.2) is 8.42 Å². The van der Waals surface area contributed by atoms with E-state index in [1.54, 1.807) is 25.1 Å². The number of halogens is 1. The van der Waals surface area contributed by atoms with Crippen molar-refractivity contribution in [1.82, 2.24) is 10.2 Å². The number of nitrogens with one attached hydrogen (secondary N) is 1. The minimum absolute atomic E-state index is 0.177. The van der Waals surface area contributed by atoms with Crippen LogP contribution in [0.3, 0.4) is 0 Å². The van der Waals surface area contributed by atoms with Crippen LogP contribution in [0.4, 0.5) is 5.69 Å². The zero-order valence-corrected chi connectivity index (χ0v) is 23.2. The average molecular weight is 553 g/mol. The largest absolute Gasteiger partial charge is 0.350 e. The van der Waals surface area contributed by atoms with Crippen molar-refractivity contribution in [3.05, 3.63) is 63.6 Å². The first kappa shape index (κ1) is 27.9. The molecule has 0 aliphatic heterocycles. The number of amides is 2. The summed E-state index contributed by atoms with van der Waals surface area (Å²) in [5, 5.41) is 2.91. The van der Waals surface area contributed by atoms with Gasteiger partial charge in [-0.3, -0.25) is 13.9 Å². The fourth-order valence-electron chi connectivity index (χ4n) is 3.46. The minimum atomic E-state index is -3.76. The molecule has 0 aliphatic rings. The topological polar surface area (TPSA) is 86.8 Å². The molecule has 2 aromatic rings. The van der Waals surface area contributed by atoms with Gasteiger partial charge in [0.05, 0.1) is 11.9 Å². The van der Waals surface area contributed by atoms with Crippen LogP contribution in [0.5, 0.6) is 0 Å². The van der Waals surface area contributed by atoms with Gasteiger partial charge in [0.2, 0.25) is 21.8 Å². The summed E-state index contributed by atoms with van der Waals surface area (Å²) in [5.74, 6) is -0.775. The standard InChI is InChI=1S/C25H34BrN3O4S/c1-17-9-8-10-20(13-17)15-28(19(3)24(31)27-25(4,5)6)23(30)16-29(34(7,32)33)21-11-12-22(26)18(2)14-21/h8-14,19H,15-16H2,1-7H3,(H,27,31)/t19-/m0/s1. The zero-order chi connectivity index (χ0) is 25.8. The number of carbonyl (C=O) groups excluding carboxylic acids is 2. The van der Waals surface area contributed by atoms with Crippen LogP contribution in [-0.2, 0) is 26.2 Å². The molecular weight excluding hydrogens is 518 g/mol. The Bertz CT molecular complexity index is 1160. The van der Waals surface area contributed by atoms with Crippen LogP contribution >= 0.6 is 15.9 Å². The summed E-state index contributed by atoms with van der Waals surface area (Å²) in [4.78, 5) is 27.9. The van der Waals surface area contributed by atoms with E-state index in [1.165, 1.54) is 4.90 Å². The van der Waals surface area contributed by atoms with E-state index in [9.17, 15) is 18.0 Å². The van der Waals surface area contributed by atoms with E-state index < -0.39 is 34.1 Å². The molecule has 2 rings (SSSR count). The quantitative estimate of drug-likeness (QED) is 0.533. The lowest BCUT2D eigenvalue weighted by molar-refractivity contribution is -0.140. The fraction of sp³-hybridized carbons (Fsp3) is 0.440. The molecule has 0 aromatic heterocycles. The minimum Gasteiger partial charge on any atom is -0.350 e. The molecule has 0 heterocycles. The predicted molar refractivity (Wildman–Crippen MR) is 140 cm³/mol. The van der Waals surface area contributed by atoms with E-state index in [1.807, 2.05) is 58.9 Å². The molecule has 7 nitrogen and oxygen atoms in total. The summed E-state index contributed by atoms with van der Waals surface area (Å²) >= 11 is 3.42. The highest BCUT2D eigenvalue weighted by molar-refractivity contribution is 9.10. The molecule has 0 fully saturated rings. The van der Waals surface area contributed by atoms with Crippen molar-refractivity contribution in [3.8, 4) is 0 Å². The Morgan fingerprint density at radius 3 is 2.26 bits per heavy atom. The summed E-state index contributed by atoms with van der Waals surface area (Å²) in [6, 6.07) is 12.0. The molecule has 0 saturated carbocycles. The summed E-state index contributed by atoms with van der Waals surface area (Å²) in [7, 11) is -3.76. The van der Waals surface area contributed by atoms with E-state index in [0.29, 0.717) is 5.69 Å². The van der Waals surface area contributed by atoms with Crippen molar-refractivity contribution in [2.75, 3.05) is 17.1 Å². The SMILES string of the molecule is Cc1cccc(CN(C(=O)CN(c2ccc(Br)c(C)c2)S(C)(=O)=O)[C@@H](C)C(=O)NC(C)(C)C)c1. The lowest BCUT2D eigenvalue weighted by atomic mass is 10.1. The number of sulfonamides is 1. The molecule has 34 heavy (non-hydrogen) atoms. The first-order chi connectivity index (χ1) is 15.6. The van der Waals surface area contributed by atoms with E-state index in [-0.39, 0.29) is 12.5 Å². The summed E-state index contributed by atoms with van der Waals surface area (Å²) in [6.45, 7) is 10.8. The fourth-order valence-corrected chi connectivity index (χ4v) is 4.55. The highest BCUT2D eigenvalue weighted by Crippen LogP contribution is 2.25. The monoisotopic (exact) mass is 551 g/mol. The van der Waals surface area contributed by atoms with E-state index in [0.717, 1.165) is 31.7 Å². The van der Waals surface area contributed by atoms with Crippen molar-refractivity contribution in [2.24, 2.45) is 0 Å². The summed E-state index contributed by atoms with van der Waals surface area (Å²) in [6.07, 6.45) is 1.07. The smallest absolute Gasteiger partial charge is 0.244 e. The second-order valence-corrected chi connectivity index (χ2v) is 12.4. The molecule has 0 spiro atoms. The van der Waals surface area contributed by atoms with Gasteiger partial charge in [0, 0.05) is 16.6 Å². The Labute approximate surface area is 211 Å². The van der Waals surface area contributed by atoms with Crippen molar-refractivity contribution in [3.63, 3.8) is 0 Å². The van der Waals surface area contributed by atoms with E-state index in [4.69, 9.17) is 0 Å².